The topological polar surface area (TPSA) is 442 Å². The molecule has 0 saturated carbocycles. The molecular formula is C93H104IN11O18. The fraction of sp³-hybridized carbons (Fsp3) is 0.215. The molecule has 12 N–H and O–H groups in total. The lowest BCUT2D eigenvalue weighted by Crippen LogP contribution is -2.09. The number of nitrogens with two attached hydrogens (primary N) is 1. The molecule has 123 heavy (non-hydrogen) atoms. The number of phenolic OH excluding ortho intramolecular Hbond substituents is 3. The van der Waals surface area contributed by atoms with Crippen LogP contribution in [0.15, 0.2) is 203 Å². The van der Waals surface area contributed by atoms with E-state index in [1.807, 2.05) is 95.3 Å². The van der Waals surface area contributed by atoms with E-state index in [4.69, 9.17) is 34.0 Å². The highest BCUT2D eigenvalue weighted by Crippen LogP contribution is 2.35. The average Bonchev–Trinajstić information content (AvgIpc) is 1.64. The van der Waals surface area contributed by atoms with Gasteiger partial charge in [-0.25, -0.2) is 0 Å². The lowest BCUT2D eigenvalue weighted by molar-refractivity contribution is -0.115. The van der Waals surface area contributed by atoms with Gasteiger partial charge in [0.2, 0.25) is 35.4 Å². The number of ketones is 3. The normalized spacial score (nSPS) is 10.4. The van der Waals surface area contributed by atoms with Crippen molar-refractivity contribution in [1.82, 2.24) is 15.5 Å². The Morgan fingerprint density at radius 3 is 1.30 bits per heavy atom. The summed E-state index contributed by atoms with van der Waals surface area (Å²) in [5, 5.41) is 72.0. The van der Waals surface area contributed by atoms with Crippen molar-refractivity contribution in [2.24, 2.45) is 5.16 Å². The number of aryl methyl sites for hydroxylation is 3. The zero-order valence-corrected chi connectivity index (χ0v) is 73.7. The maximum absolute atomic E-state index is 11.4. The Bertz CT molecular complexity index is 5680. The van der Waals surface area contributed by atoms with Crippen LogP contribution < -0.4 is 47.1 Å². The van der Waals surface area contributed by atoms with Crippen molar-refractivity contribution in [3.8, 4) is 28.7 Å². The predicted molar refractivity (Wildman–Crippen MR) is 494 cm³/mol. The van der Waals surface area contributed by atoms with Crippen LogP contribution in [0.4, 0.5) is 39.8 Å². The molecule has 11 aromatic rings. The molecule has 0 fully saturated rings. The molecule has 3 aromatic heterocycles. The number of benzene rings is 8. The molecule has 3 heterocycles. The van der Waals surface area contributed by atoms with Gasteiger partial charge in [0.1, 0.15) is 35.4 Å². The third-order valence-electron chi connectivity index (χ3n) is 16.9. The fourth-order valence-electron chi connectivity index (χ4n) is 11.4. The number of halogens is 1. The number of aromatic nitrogens is 3. The third kappa shape index (κ3) is 31.0. The number of carbonyl (C=O) groups excluding carboxylic acids is 9. The lowest BCUT2D eigenvalue weighted by atomic mass is 10.0. The Morgan fingerprint density at radius 1 is 0.463 bits per heavy atom. The van der Waals surface area contributed by atoms with E-state index in [-0.39, 0.29) is 81.2 Å². The molecule has 0 aliphatic rings. The summed E-state index contributed by atoms with van der Waals surface area (Å²) in [6.45, 7) is 38.8. The highest BCUT2D eigenvalue weighted by atomic mass is 127. The fourth-order valence-corrected chi connectivity index (χ4v) is 12.0. The number of methoxy groups -OCH3 is 1. The quantitative estimate of drug-likeness (QED) is 0.00571. The van der Waals surface area contributed by atoms with E-state index in [1.165, 1.54) is 84.1 Å². The van der Waals surface area contributed by atoms with Crippen LogP contribution in [0.3, 0.4) is 0 Å². The summed E-state index contributed by atoms with van der Waals surface area (Å²) in [5.41, 5.74) is 20.9. The minimum absolute atomic E-state index is 0.0172. The van der Waals surface area contributed by atoms with Crippen LogP contribution in [0.2, 0.25) is 0 Å². The van der Waals surface area contributed by atoms with Crippen molar-refractivity contribution in [2.45, 2.75) is 123 Å². The molecule has 0 atom stereocenters. The Morgan fingerprint density at radius 2 is 0.854 bits per heavy atom. The number of nitrogens with one attached hydrogen (secondary N) is 6. The summed E-state index contributed by atoms with van der Waals surface area (Å²) in [6, 6.07) is 34.6. The molecular weight excluding hydrogens is 1690 g/mol. The number of rotatable bonds is 22. The van der Waals surface area contributed by atoms with E-state index in [0.29, 0.717) is 93.6 Å². The van der Waals surface area contributed by atoms with Gasteiger partial charge in [-0.1, -0.05) is 81.9 Å². The maximum Gasteiger partial charge on any atom is 0.221 e. The SMILES string of the molecule is C=CCOc1cc(NC(C)=O)ccc1C(C)=O.C=CCc1c(NC(C)=O)ccc(/C(C)=N/O)c1O.C=CCc1c(NC(C)=O)ccc(C(C)=O)c1O.C=CCc1c(NC(C)=O)ccc2c(C)noc12.CC(=O)Nc1ccc(C(C)=O)c(O)c1.CC=Cc1c(I)ccc2c(C)noc12.CC=Cc1c(N)ccc2c(C)noc12.COc1cccc(NC(C)=O)c1. The van der Waals surface area contributed by atoms with E-state index in [2.05, 4.69) is 120 Å². The molecule has 646 valence electrons. The molecule has 8 aromatic carbocycles. The predicted octanol–water partition coefficient (Wildman–Crippen LogP) is 19.5. The number of amides is 6. The van der Waals surface area contributed by atoms with Crippen LogP contribution in [0.5, 0.6) is 28.7 Å². The van der Waals surface area contributed by atoms with Crippen molar-refractivity contribution in [1.29, 1.82) is 0 Å². The van der Waals surface area contributed by atoms with Crippen molar-refractivity contribution in [3.05, 3.63) is 255 Å². The molecule has 0 bridgehead atoms. The van der Waals surface area contributed by atoms with Crippen molar-refractivity contribution in [2.75, 3.05) is 51.4 Å². The number of Topliss-reactive ketones (excluding diaryl/α,β-unsaturated/α-hetero) is 3. The van der Waals surface area contributed by atoms with Gasteiger partial charge in [-0.05, 0) is 201 Å². The highest BCUT2D eigenvalue weighted by Gasteiger charge is 2.20. The van der Waals surface area contributed by atoms with Crippen LogP contribution in [-0.4, -0.2) is 108 Å². The van der Waals surface area contributed by atoms with Gasteiger partial charge < -0.3 is 81.2 Å². The number of oxime groups is 1. The van der Waals surface area contributed by atoms with Crippen LogP contribution in [0, 0.1) is 24.3 Å². The molecule has 30 heteroatoms. The lowest BCUT2D eigenvalue weighted by Gasteiger charge is -2.13. The van der Waals surface area contributed by atoms with Crippen LogP contribution in [-0.2, 0) is 48.0 Å². The van der Waals surface area contributed by atoms with Gasteiger partial charge in [0, 0.05) is 153 Å². The number of hydrogen-bond acceptors (Lipinski definition) is 23. The molecule has 0 saturated heterocycles. The number of carbonyl (C=O) groups is 9. The van der Waals surface area contributed by atoms with Gasteiger partial charge in [0.15, 0.2) is 34.1 Å². The number of nitrogens with zero attached hydrogens (tertiary/aromatic N) is 4. The molecule has 0 radical (unpaired) electrons. The van der Waals surface area contributed by atoms with Gasteiger partial charge in [-0.3, -0.25) is 43.2 Å². The van der Waals surface area contributed by atoms with Gasteiger partial charge in [-0.2, -0.15) is 0 Å². The third-order valence-corrected chi connectivity index (χ3v) is 17.8. The summed E-state index contributed by atoms with van der Waals surface area (Å²) in [6.07, 6.45) is 15.9. The highest BCUT2D eigenvalue weighted by molar-refractivity contribution is 14.1. The summed E-state index contributed by atoms with van der Waals surface area (Å²) in [5.74, 6) is -0.596. The Labute approximate surface area is 727 Å². The van der Waals surface area contributed by atoms with Crippen LogP contribution in [0.1, 0.15) is 165 Å². The number of nitrogen functional groups attached to an aromatic ring is 1. The van der Waals surface area contributed by atoms with E-state index >= 15 is 0 Å². The second kappa shape index (κ2) is 50.4. The number of hydrogen-bond donors (Lipinski definition) is 11. The van der Waals surface area contributed by atoms with E-state index < -0.39 is 0 Å². The first kappa shape index (κ1) is 101. The van der Waals surface area contributed by atoms with E-state index in [1.54, 1.807) is 86.9 Å². The van der Waals surface area contributed by atoms with Crippen molar-refractivity contribution in [3.63, 3.8) is 0 Å². The zero-order chi connectivity index (χ0) is 91.9. The Hall–Kier alpha value is -14.6. The van der Waals surface area contributed by atoms with E-state index in [9.17, 15) is 58.5 Å². The summed E-state index contributed by atoms with van der Waals surface area (Å²) >= 11 is 2.30. The van der Waals surface area contributed by atoms with Gasteiger partial charge >= 0.3 is 0 Å². The molecule has 0 unspecified atom stereocenters. The smallest absolute Gasteiger partial charge is 0.221 e. The van der Waals surface area contributed by atoms with Gasteiger partial charge in [0.05, 0.1) is 46.6 Å². The molecule has 29 nitrogen and oxygen atoms in total. The zero-order valence-electron chi connectivity index (χ0n) is 71.6. The Balaban J connectivity index is 0.000000296. The monoisotopic (exact) mass is 1790 g/mol. The summed E-state index contributed by atoms with van der Waals surface area (Å²) < 4.78 is 27.4. The summed E-state index contributed by atoms with van der Waals surface area (Å²) in [4.78, 5) is 99.1. The average molecular weight is 1790 g/mol. The Kier molecular flexibility index (Phi) is 41.3. The second-order valence-electron chi connectivity index (χ2n) is 26.7. The van der Waals surface area contributed by atoms with Crippen LogP contribution >= 0.6 is 22.6 Å². The molecule has 0 aliphatic heterocycles. The first-order valence-corrected chi connectivity index (χ1v) is 39.0. The van der Waals surface area contributed by atoms with Gasteiger partial charge in [0.25, 0.3) is 0 Å². The maximum atomic E-state index is 11.4. The van der Waals surface area contributed by atoms with Crippen molar-refractivity contribution >= 4 is 166 Å². The first-order valence-electron chi connectivity index (χ1n) is 37.9. The number of allylic oxidation sites excluding steroid dienone is 5. The first-order chi connectivity index (χ1) is 58.3. The molecule has 0 aliphatic carbocycles. The number of anilines is 7. The standard InChI is InChI=1S/C13H16N2O3.C13H14N2O2.2C13H15NO3.C11H10INO.C11H12N2O.C10H11NO3.C9H11NO2/c1-4-5-11-12(14-9(3)16)7-6-10(13(11)17)8(2)15-18;1-4-5-11-12(14-9(3)16)7-6-10-8(2)15-17-13(10)11;1-4-7-17-13-8-11(14-10(3)16)5-6-12(13)9(2)15;1-4-5-11-12(14-9(3)16)7-6-10(8(2)15)13(11)17;2*1-3-4-9-10(12)6-5-8-7(2)13-14-11(8)9;1-6(12)9-4-3-8(5-10(9)14)11-7(2)13;1-7(11)10-8-4-3-5-9(6-8)12-2/h4,6-7,17-18H,1,5H2,2-3H3,(H,14,16);4,6-7H,1,5H2,2-3H3,(H,14,16);4-6,8H,1,7H2,2-3H3,(H,14,16);4,6-7,17H,1,5H2,2-3H3,(H,14,16);3-6H,1-2H3;3-6H,12H2,1-2H3;3-5,14H,1-2H3,(H,11,13);3-6H,1-2H3,(H,10,11)/b15-8+;;;;;;;. The minimum atomic E-state index is -0.231. The number of phenols is 3. The van der Waals surface area contributed by atoms with Crippen molar-refractivity contribution < 1.29 is 86.7 Å². The number of aromatic hydroxyl groups is 3. The van der Waals surface area contributed by atoms with Crippen LogP contribution in [0.25, 0.3) is 45.1 Å². The minimum Gasteiger partial charge on any atom is -0.507 e. The summed E-state index contributed by atoms with van der Waals surface area (Å²) in [7, 11) is 1.59. The number of ether oxygens (including phenoxy) is 2. The van der Waals surface area contributed by atoms with E-state index in [0.717, 1.165) is 78.2 Å². The second-order valence-corrected chi connectivity index (χ2v) is 27.9. The largest absolute Gasteiger partial charge is 0.507 e. The molecule has 0 spiro atoms. The van der Waals surface area contributed by atoms with Gasteiger partial charge in [-0.15, -0.1) is 19.7 Å². The molecule has 11 rings (SSSR count). The molecule has 6 amide bonds. The number of fused-ring (bicyclic) bond motifs is 3.